The topological polar surface area (TPSA) is 51.2 Å². The van der Waals surface area contributed by atoms with Crippen molar-refractivity contribution in [2.75, 3.05) is 40.5 Å². The molecule has 0 fully saturated rings. The Morgan fingerprint density at radius 3 is 2.54 bits per heavy atom. The summed E-state index contributed by atoms with van der Waals surface area (Å²) >= 11 is 5.86. The summed E-state index contributed by atoms with van der Waals surface area (Å²) in [6.45, 7) is 2.69. The summed E-state index contributed by atoms with van der Waals surface area (Å²) in [5, 5.41) is 11.0. The van der Waals surface area contributed by atoms with Gasteiger partial charge in [-0.15, -0.1) is 0 Å². The van der Waals surface area contributed by atoms with Crippen molar-refractivity contribution in [2.45, 2.75) is 12.6 Å². The van der Waals surface area contributed by atoms with Crippen LogP contribution < -0.4 is 9.47 Å². The Hall–Kier alpha value is -1.79. The summed E-state index contributed by atoms with van der Waals surface area (Å²) in [5.41, 5.74) is 1.12. The van der Waals surface area contributed by atoms with Gasteiger partial charge in [-0.05, 0) is 42.0 Å². The molecule has 142 valence electrons. The van der Waals surface area contributed by atoms with Gasteiger partial charge >= 0.3 is 0 Å². The van der Waals surface area contributed by atoms with Crippen LogP contribution >= 0.6 is 11.6 Å². The molecule has 0 amide bonds. The van der Waals surface area contributed by atoms with Crippen LogP contribution in [0.5, 0.6) is 11.5 Å². The molecule has 0 aliphatic carbocycles. The molecule has 0 spiro atoms. The van der Waals surface area contributed by atoms with Crippen molar-refractivity contribution < 1.29 is 19.3 Å². The minimum atomic E-state index is -0.617. The summed E-state index contributed by atoms with van der Waals surface area (Å²) in [5.74, 6) is 1.51. The first-order chi connectivity index (χ1) is 12.6. The first-order valence-electron chi connectivity index (χ1n) is 8.51. The number of aliphatic hydroxyl groups excluding tert-OH is 1. The highest BCUT2D eigenvalue weighted by molar-refractivity contribution is 6.30. The van der Waals surface area contributed by atoms with Crippen molar-refractivity contribution in [3.63, 3.8) is 0 Å². The van der Waals surface area contributed by atoms with Crippen LogP contribution in [0.1, 0.15) is 5.56 Å². The largest absolute Gasteiger partial charge is 0.497 e. The molecule has 2 aromatic rings. The molecule has 1 atom stereocenters. The molecule has 0 bridgehead atoms. The van der Waals surface area contributed by atoms with Crippen LogP contribution in [0.2, 0.25) is 5.02 Å². The zero-order valence-corrected chi connectivity index (χ0v) is 16.0. The van der Waals surface area contributed by atoms with E-state index in [0.717, 1.165) is 11.3 Å². The molecule has 0 aliphatic heterocycles. The number of hydrogen-bond acceptors (Lipinski definition) is 5. The fraction of sp³-hybridized carbons (Fsp3) is 0.400. The van der Waals surface area contributed by atoms with Gasteiger partial charge < -0.3 is 19.3 Å². The van der Waals surface area contributed by atoms with Crippen LogP contribution in [0.4, 0.5) is 0 Å². The number of aliphatic hydroxyl groups is 1. The second-order valence-electron chi connectivity index (χ2n) is 6.00. The molecule has 6 heteroatoms. The van der Waals surface area contributed by atoms with Crippen molar-refractivity contribution in [2.24, 2.45) is 0 Å². The van der Waals surface area contributed by atoms with E-state index in [4.69, 9.17) is 25.8 Å². The second kappa shape index (κ2) is 11.0. The molecule has 0 radical (unpaired) electrons. The van der Waals surface area contributed by atoms with Crippen LogP contribution in [0.3, 0.4) is 0 Å². The van der Waals surface area contributed by atoms with Gasteiger partial charge in [0.15, 0.2) is 0 Å². The monoisotopic (exact) mass is 379 g/mol. The highest BCUT2D eigenvalue weighted by Crippen LogP contribution is 2.17. The van der Waals surface area contributed by atoms with Gasteiger partial charge in [0.25, 0.3) is 0 Å². The number of benzene rings is 2. The molecule has 5 nitrogen and oxygen atoms in total. The number of methoxy groups -OCH3 is 2. The minimum absolute atomic E-state index is 0.212. The van der Waals surface area contributed by atoms with E-state index < -0.39 is 6.10 Å². The Bertz CT molecular complexity index is 651. The van der Waals surface area contributed by atoms with Gasteiger partial charge in [-0.25, -0.2) is 0 Å². The van der Waals surface area contributed by atoms with E-state index in [1.165, 1.54) is 0 Å². The number of nitrogens with zero attached hydrogens (tertiary/aromatic N) is 1. The second-order valence-corrected chi connectivity index (χ2v) is 6.43. The molecule has 2 aromatic carbocycles. The first kappa shape index (κ1) is 20.5. The third kappa shape index (κ3) is 7.22. The standard InChI is InChI=1S/C20H26ClNO4/c1-24-11-10-22(13-16-4-3-5-20(12-16)25-2)14-18(23)15-26-19-8-6-17(21)7-9-19/h3-9,12,18,23H,10-11,13-15H2,1-2H3/t18-/m1/s1. The third-order valence-electron chi connectivity index (χ3n) is 3.88. The summed E-state index contributed by atoms with van der Waals surface area (Å²) in [6.07, 6.45) is -0.617. The van der Waals surface area contributed by atoms with Crippen molar-refractivity contribution in [3.8, 4) is 11.5 Å². The summed E-state index contributed by atoms with van der Waals surface area (Å²) < 4.78 is 16.1. The van der Waals surface area contributed by atoms with Crippen molar-refractivity contribution in [3.05, 3.63) is 59.1 Å². The Morgan fingerprint density at radius 2 is 1.85 bits per heavy atom. The van der Waals surface area contributed by atoms with Gasteiger partial charge in [0.05, 0.1) is 13.7 Å². The minimum Gasteiger partial charge on any atom is -0.497 e. The number of halogens is 1. The number of hydrogen-bond donors (Lipinski definition) is 1. The molecule has 0 saturated carbocycles. The third-order valence-corrected chi connectivity index (χ3v) is 4.13. The van der Waals surface area contributed by atoms with E-state index in [2.05, 4.69) is 4.90 Å². The normalized spacial score (nSPS) is 12.2. The Labute approximate surface area is 160 Å². The molecule has 0 unspecified atom stereocenters. The molecule has 0 saturated heterocycles. The van der Waals surface area contributed by atoms with Crippen LogP contribution in [-0.2, 0) is 11.3 Å². The van der Waals surface area contributed by atoms with Crippen molar-refractivity contribution in [1.82, 2.24) is 4.90 Å². The van der Waals surface area contributed by atoms with Crippen LogP contribution in [0, 0.1) is 0 Å². The lowest BCUT2D eigenvalue weighted by atomic mass is 10.2. The van der Waals surface area contributed by atoms with Gasteiger partial charge in [0.1, 0.15) is 24.2 Å². The van der Waals surface area contributed by atoms with E-state index in [-0.39, 0.29) is 6.61 Å². The molecular formula is C20H26ClNO4. The van der Waals surface area contributed by atoms with Crippen molar-refractivity contribution >= 4 is 11.6 Å². The molecule has 0 aliphatic rings. The summed E-state index contributed by atoms with van der Waals surface area (Å²) in [4.78, 5) is 2.13. The van der Waals surface area contributed by atoms with E-state index in [9.17, 15) is 5.11 Å². The molecule has 2 rings (SSSR count). The summed E-state index contributed by atoms with van der Waals surface area (Å²) in [6, 6.07) is 15.0. The van der Waals surface area contributed by atoms with E-state index in [1.807, 2.05) is 24.3 Å². The fourth-order valence-electron chi connectivity index (χ4n) is 2.56. The van der Waals surface area contributed by atoms with Gasteiger partial charge in [0, 0.05) is 31.8 Å². The predicted octanol–water partition coefficient (Wildman–Crippen LogP) is 3.24. The van der Waals surface area contributed by atoms with Gasteiger partial charge in [-0.1, -0.05) is 23.7 Å². The van der Waals surface area contributed by atoms with E-state index in [0.29, 0.717) is 37.0 Å². The average molecular weight is 380 g/mol. The van der Waals surface area contributed by atoms with Crippen LogP contribution in [-0.4, -0.2) is 56.6 Å². The molecule has 0 aromatic heterocycles. The fourth-order valence-corrected chi connectivity index (χ4v) is 2.68. The van der Waals surface area contributed by atoms with Crippen LogP contribution in [0.25, 0.3) is 0 Å². The Kier molecular flexibility index (Phi) is 8.71. The van der Waals surface area contributed by atoms with Gasteiger partial charge in [-0.2, -0.15) is 0 Å². The maximum Gasteiger partial charge on any atom is 0.119 e. The van der Waals surface area contributed by atoms with E-state index >= 15 is 0 Å². The van der Waals surface area contributed by atoms with Crippen LogP contribution in [0.15, 0.2) is 48.5 Å². The number of ether oxygens (including phenoxy) is 3. The Morgan fingerprint density at radius 1 is 1.08 bits per heavy atom. The molecular weight excluding hydrogens is 354 g/mol. The smallest absolute Gasteiger partial charge is 0.119 e. The zero-order valence-electron chi connectivity index (χ0n) is 15.2. The zero-order chi connectivity index (χ0) is 18.8. The SMILES string of the molecule is COCCN(Cc1cccc(OC)c1)C[C@@H](O)COc1ccc(Cl)cc1. The van der Waals surface area contributed by atoms with Crippen molar-refractivity contribution in [1.29, 1.82) is 0 Å². The maximum absolute atomic E-state index is 10.4. The lowest BCUT2D eigenvalue weighted by molar-refractivity contribution is 0.0542. The predicted molar refractivity (Wildman–Crippen MR) is 103 cm³/mol. The molecule has 26 heavy (non-hydrogen) atoms. The lowest BCUT2D eigenvalue weighted by Crippen LogP contribution is -2.37. The lowest BCUT2D eigenvalue weighted by Gasteiger charge is -2.25. The number of rotatable bonds is 11. The van der Waals surface area contributed by atoms with Gasteiger partial charge in [-0.3, -0.25) is 4.90 Å². The van der Waals surface area contributed by atoms with E-state index in [1.54, 1.807) is 38.5 Å². The first-order valence-corrected chi connectivity index (χ1v) is 8.89. The quantitative estimate of drug-likeness (QED) is 0.649. The maximum atomic E-state index is 10.4. The molecule has 0 heterocycles. The highest BCUT2D eigenvalue weighted by Gasteiger charge is 2.13. The summed E-state index contributed by atoms with van der Waals surface area (Å²) in [7, 11) is 3.32. The average Bonchev–Trinajstić information content (AvgIpc) is 2.66. The Balaban J connectivity index is 1.89. The molecule has 1 N–H and O–H groups in total. The highest BCUT2D eigenvalue weighted by atomic mass is 35.5. The van der Waals surface area contributed by atoms with Gasteiger partial charge in [0.2, 0.25) is 0 Å².